The maximum absolute atomic E-state index is 13.0. The number of carbonyl (C=O) groups excluding carboxylic acids is 2. The molecule has 0 aromatic heterocycles. The molecule has 0 bridgehead atoms. The van der Waals surface area contributed by atoms with Crippen LogP contribution in [0.2, 0.25) is 0 Å². The zero-order valence-electron chi connectivity index (χ0n) is 18.8. The third-order valence-corrected chi connectivity index (χ3v) is 5.59. The van der Waals surface area contributed by atoms with Gasteiger partial charge in [0, 0.05) is 31.7 Å². The third kappa shape index (κ3) is 5.78. The van der Waals surface area contributed by atoms with Gasteiger partial charge in [-0.25, -0.2) is 0 Å². The summed E-state index contributed by atoms with van der Waals surface area (Å²) >= 11 is 0. The average molecular weight is 425 g/mol. The fourth-order valence-electron chi connectivity index (χ4n) is 3.67. The zero-order chi connectivity index (χ0) is 22.6. The van der Waals surface area contributed by atoms with Crippen molar-refractivity contribution < 1.29 is 19.4 Å². The molecule has 6 nitrogen and oxygen atoms in total. The van der Waals surface area contributed by atoms with Crippen LogP contribution in [0.15, 0.2) is 48.5 Å². The number of phenols is 1. The fourth-order valence-corrected chi connectivity index (χ4v) is 3.67. The summed E-state index contributed by atoms with van der Waals surface area (Å²) < 4.78 is 5.72. The van der Waals surface area contributed by atoms with Crippen molar-refractivity contribution in [2.24, 2.45) is 0 Å². The molecule has 1 heterocycles. The smallest absolute Gasteiger partial charge is 0.263 e. The molecular weight excluding hydrogens is 392 g/mol. The molecule has 1 aliphatic heterocycles. The second-order valence-corrected chi connectivity index (χ2v) is 9.05. The molecule has 2 amide bonds. The number of carbonyl (C=O) groups is 2. The molecule has 0 aliphatic carbocycles. The summed E-state index contributed by atoms with van der Waals surface area (Å²) in [5.41, 5.74) is 1.92. The summed E-state index contributed by atoms with van der Waals surface area (Å²) in [6, 6.07) is 14.1. The lowest BCUT2D eigenvalue weighted by molar-refractivity contribution is -0.137. The van der Waals surface area contributed by atoms with Gasteiger partial charge in [0.25, 0.3) is 11.8 Å². The molecule has 3 rings (SSSR count). The second-order valence-electron chi connectivity index (χ2n) is 9.05. The summed E-state index contributed by atoms with van der Waals surface area (Å²) in [5, 5.41) is 9.37. The monoisotopic (exact) mass is 424 g/mol. The van der Waals surface area contributed by atoms with E-state index in [4.69, 9.17) is 4.74 Å². The van der Waals surface area contributed by atoms with E-state index in [9.17, 15) is 14.7 Å². The van der Waals surface area contributed by atoms with Crippen LogP contribution in [0.3, 0.4) is 0 Å². The second kappa shape index (κ2) is 9.41. The van der Waals surface area contributed by atoms with E-state index < -0.39 is 6.10 Å². The predicted octanol–water partition coefficient (Wildman–Crippen LogP) is 3.83. The molecule has 166 valence electrons. The summed E-state index contributed by atoms with van der Waals surface area (Å²) in [4.78, 5) is 29.4. The van der Waals surface area contributed by atoms with Crippen molar-refractivity contribution >= 4 is 11.8 Å². The molecule has 2 aromatic rings. The van der Waals surface area contributed by atoms with Crippen molar-refractivity contribution in [2.75, 3.05) is 26.2 Å². The Kier molecular flexibility index (Phi) is 6.88. The van der Waals surface area contributed by atoms with Gasteiger partial charge >= 0.3 is 0 Å². The van der Waals surface area contributed by atoms with Gasteiger partial charge in [0.1, 0.15) is 11.5 Å². The van der Waals surface area contributed by atoms with Gasteiger partial charge in [-0.3, -0.25) is 9.59 Å². The van der Waals surface area contributed by atoms with Gasteiger partial charge in [-0.05, 0) is 60.7 Å². The van der Waals surface area contributed by atoms with Crippen molar-refractivity contribution in [2.45, 2.75) is 45.6 Å². The minimum Gasteiger partial charge on any atom is -0.508 e. The average Bonchev–Trinajstić information content (AvgIpc) is 3.00. The van der Waals surface area contributed by atoms with Crippen molar-refractivity contribution in [1.29, 1.82) is 0 Å². The van der Waals surface area contributed by atoms with Gasteiger partial charge in [-0.2, -0.15) is 0 Å². The molecule has 1 saturated heterocycles. The normalized spacial score (nSPS) is 15.9. The van der Waals surface area contributed by atoms with Crippen molar-refractivity contribution in [1.82, 2.24) is 9.80 Å². The third-order valence-electron chi connectivity index (χ3n) is 5.59. The molecule has 1 fully saturated rings. The Morgan fingerprint density at radius 3 is 2.10 bits per heavy atom. The summed E-state index contributed by atoms with van der Waals surface area (Å²) in [7, 11) is 0. The van der Waals surface area contributed by atoms with E-state index >= 15 is 0 Å². The molecular formula is C25H32N2O4. The van der Waals surface area contributed by atoms with Crippen LogP contribution in [0, 0.1) is 0 Å². The number of hydrogen-bond donors (Lipinski definition) is 1. The minimum atomic E-state index is -0.642. The number of ether oxygens (including phenoxy) is 1. The Balaban J connectivity index is 1.58. The van der Waals surface area contributed by atoms with Crippen LogP contribution in [-0.4, -0.2) is 59.0 Å². The van der Waals surface area contributed by atoms with Gasteiger partial charge in [-0.15, -0.1) is 0 Å². The summed E-state index contributed by atoms with van der Waals surface area (Å²) in [6.07, 6.45) is 0.0838. The summed E-state index contributed by atoms with van der Waals surface area (Å²) in [6.45, 7) is 10.4. The first-order valence-electron chi connectivity index (χ1n) is 10.8. The topological polar surface area (TPSA) is 70.1 Å². The van der Waals surface area contributed by atoms with Gasteiger partial charge in [-0.1, -0.05) is 32.9 Å². The number of rotatable bonds is 4. The highest BCUT2D eigenvalue weighted by molar-refractivity contribution is 5.94. The highest BCUT2D eigenvalue weighted by Crippen LogP contribution is 2.23. The van der Waals surface area contributed by atoms with Gasteiger partial charge in [0.05, 0.1) is 0 Å². The van der Waals surface area contributed by atoms with Gasteiger partial charge in [0.15, 0.2) is 6.10 Å². The Morgan fingerprint density at radius 1 is 0.903 bits per heavy atom. The number of phenolic OH excluding ortho intramolecular Hbond substituents is 1. The van der Waals surface area contributed by atoms with Crippen molar-refractivity contribution in [3.05, 3.63) is 59.7 Å². The molecule has 0 saturated carbocycles. The molecule has 1 unspecified atom stereocenters. The maximum Gasteiger partial charge on any atom is 0.263 e. The Morgan fingerprint density at radius 2 is 1.48 bits per heavy atom. The van der Waals surface area contributed by atoms with Crippen LogP contribution in [0.5, 0.6) is 11.5 Å². The molecule has 1 N–H and O–H groups in total. The fraction of sp³-hybridized carbons (Fsp3) is 0.440. The zero-order valence-corrected chi connectivity index (χ0v) is 18.8. The highest BCUT2D eigenvalue weighted by atomic mass is 16.5. The quantitative estimate of drug-likeness (QED) is 0.810. The number of aromatic hydroxyl groups is 1. The molecule has 6 heteroatoms. The molecule has 1 aliphatic rings. The molecule has 0 radical (unpaired) electrons. The van der Waals surface area contributed by atoms with Crippen molar-refractivity contribution in [3.8, 4) is 11.5 Å². The van der Waals surface area contributed by atoms with E-state index in [1.165, 1.54) is 17.7 Å². The lowest BCUT2D eigenvalue weighted by atomic mass is 9.86. The van der Waals surface area contributed by atoms with E-state index in [0.29, 0.717) is 37.5 Å². The van der Waals surface area contributed by atoms with Crippen LogP contribution >= 0.6 is 0 Å². The predicted molar refractivity (Wildman–Crippen MR) is 120 cm³/mol. The van der Waals surface area contributed by atoms with E-state index in [1.807, 2.05) is 29.2 Å². The first-order chi connectivity index (χ1) is 14.6. The SMILES string of the molecule is CC(Oc1ccc(O)cc1)C(=O)N1CCCN(C(=O)c2ccc(C(C)(C)C)cc2)CC1. The number of benzene rings is 2. The van der Waals surface area contributed by atoms with Crippen LogP contribution in [0.25, 0.3) is 0 Å². The molecule has 1 atom stereocenters. The first-order valence-corrected chi connectivity index (χ1v) is 10.8. The first kappa shape index (κ1) is 22.7. The minimum absolute atomic E-state index is 0.00292. The van der Waals surface area contributed by atoms with Crippen LogP contribution in [0.4, 0.5) is 0 Å². The standard InChI is InChI=1S/C25H32N2O4/c1-18(31-22-12-10-21(28)11-13-22)23(29)26-14-5-15-27(17-16-26)24(30)19-6-8-20(9-7-19)25(2,3)4/h6-13,18,28H,5,14-17H2,1-4H3. The number of amides is 2. The highest BCUT2D eigenvalue weighted by Gasteiger charge is 2.26. The molecule has 0 spiro atoms. The largest absolute Gasteiger partial charge is 0.508 e. The van der Waals surface area contributed by atoms with E-state index in [0.717, 1.165) is 6.42 Å². The Hall–Kier alpha value is -3.02. The maximum atomic E-state index is 13.0. The molecule has 2 aromatic carbocycles. The van der Waals surface area contributed by atoms with E-state index in [2.05, 4.69) is 20.8 Å². The van der Waals surface area contributed by atoms with Gasteiger partial charge < -0.3 is 19.6 Å². The number of hydrogen-bond acceptors (Lipinski definition) is 4. The van der Waals surface area contributed by atoms with Crippen LogP contribution < -0.4 is 4.74 Å². The van der Waals surface area contributed by atoms with E-state index in [1.54, 1.807) is 24.0 Å². The van der Waals surface area contributed by atoms with Crippen LogP contribution in [0.1, 0.15) is 50.0 Å². The van der Waals surface area contributed by atoms with Crippen molar-refractivity contribution in [3.63, 3.8) is 0 Å². The van der Waals surface area contributed by atoms with E-state index in [-0.39, 0.29) is 23.0 Å². The summed E-state index contributed by atoms with van der Waals surface area (Å²) in [5.74, 6) is 0.584. The number of nitrogens with zero attached hydrogens (tertiary/aromatic N) is 2. The Labute approximate surface area is 184 Å². The lowest BCUT2D eigenvalue weighted by Crippen LogP contribution is -2.43. The van der Waals surface area contributed by atoms with Crippen LogP contribution in [-0.2, 0) is 10.2 Å². The Bertz CT molecular complexity index is 901. The molecule has 31 heavy (non-hydrogen) atoms. The van der Waals surface area contributed by atoms with Gasteiger partial charge in [0.2, 0.25) is 0 Å². The lowest BCUT2D eigenvalue weighted by Gasteiger charge is -2.25.